The van der Waals surface area contributed by atoms with Gasteiger partial charge in [-0.05, 0) is 29.8 Å². The number of piperazine rings is 1. The summed E-state index contributed by atoms with van der Waals surface area (Å²) < 4.78 is 5.82. The lowest BCUT2D eigenvalue weighted by atomic mass is 10.1. The smallest absolute Gasteiger partial charge is 0.209 e. The summed E-state index contributed by atoms with van der Waals surface area (Å²) in [6.45, 7) is 5.77. The quantitative estimate of drug-likeness (QED) is 0.735. The van der Waals surface area contributed by atoms with Gasteiger partial charge in [0, 0.05) is 32.7 Å². The van der Waals surface area contributed by atoms with Crippen molar-refractivity contribution in [2.45, 2.75) is 13.1 Å². The molecule has 1 fully saturated rings. The molecular weight excluding hydrogens is 312 g/mol. The monoisotopic (exact) mass is 332 g/mol. The Balaban J connectivity index is 1.31. The van der Waals surface area contributed by atoms with Gasteiger partial charge >= 0.3 is 0 Å². The number of aromatic nitrogens is 1. The maximum absolute atomic E-state index is 8.87. The molecule has 0 saturated carbocycles. The Morgan fingerprint density at radius 1 is 0.920 bits per heavy atom. The van der Waals surface area contributed by atoms with E-state index in [0.717, 1.165) is 56.3 Å². The minimum absolute atomic E-state index is 0.715. The molecule has 3 aromatic rings. The molecular formula is C20H20N4O. The largest absolute Gasteiger partial charge is 0.439 e. The van der Waals surface area contributed by atoms with Crippen LogP contribution in [0.3, 0.4) is 0 Å². The minimum atomic E-state index is 0.715. The number of hydrogen-bond donors (Lipinski definition) is 0. The molecule has 1 aromatic heterocycles. The summed E-state index contributed by atoms with van der Waals surface area (Å²) in [6, 6.07) is 17.9. The molecule has 0 radical (unpaired) electrons. The molecule has 0 aliphatic carbocycles. The van der Waals surface area contributed by atoms with Gasteiger partial charge in [-0.2, -0.15) is 5.26 Å². The Bertz CT molecular complexity index is 853. The predicted molar refractivity (Wildman–Crippen MR) is 95.7 cm³/mol. The van der Waals surface area contributed by atoms with Crippen molar-refractivity contribution in [3.8, 4) is 6.07 Å². The number of fused-ring (bicyclic) bond motifs is 1. The van der Waals surface area contributed by atoms with Gasteiger partial charge in [0.2, 0.25) is 5.89 Å². The van der Waals surface area contributed by atoms with Crippen molar-refractivity contribution >= 4 is 11.1 Å². The van der Waals surface area contributed by atoms with Gasteiger partial charge in [-0.25, -0.2) is 4.98 Å². The highest BCUT2D eigenvalue weighted by molar-refractivity contribution is 5.72. The summed E-state index contributed by atoms with van der Waals surface area (Å²) in [5.74, 6) is 0.793. The number of rotatable bonds is 4. The Morgan fingerprint density at radius 3 is 2.28 bits per heavy atom. The van der Waals surface area contributed by atoms with E-state index >= 15 is 0 Å². The lowest BCUT2D eigenvalue weighted by molar-refractivity contribution is 0.115. The van der Waals surface area contributed by atoms with Crippen molar-refractivity contribution in [1.29, 1.82) is 5.26 Å². The lowest BCUT2D eigenvalue weighted by Crippen LogP contribution is -2.45. The van der Waals surface area contributed by atoms with Crippen LogP contribution in [0, 0.1) is 11.3 Å². The second-order valence-corrected chi connectivity index (χ2v) is 6.44. The van der Waals surface area contributed by atoms with Crippen LogP contribution < -0.4 is 0 Å². The van der Waals surface area contributed by atoms with Crippen LogP contribution in [0.5, 0.6) is 0 Å². The molecule has 1 saturated heterocycles. The summed E-state index contributed by atoms with van der Waals surface area (Å²) in [5.41, 5.74) is 3.76. The van der Waals surface area contributed by atoms with Gasteiger partial charge in [0.05, 0.1) is 18.2 Å². The fraction of sp³-hybridized carbons (Fsp3) is 0.300. The molecule has 126 valence electrons. The van der Waals surface area contributed by atoms with E-state index in [1.807, 2.05) is 48.5 Å². The highest BCUT2D eigenvalue weighted by Crippen LogP contribution is 2.17. The molecule has 1 aliphatic rings. The number of para-hydroxylation sites is 2. The van der Waals surface area contributed by atoms with Crippen LogP contribution in [-0.4, -0.2) is 41.0 Å². The van der Waals surface area contributed by atoms with E-state index in [2.05, 4.69) is 20.9 Å². The topological polar surface area (TPSA) is 56.3 Å². The number of hydrogen-bond acceptors (Lipinski definition) is 5. The van der Waals surface area contributed by atoms with Crippen molar-refractivity contribution in [3.05, 3.63) is 65.5 Å². The number of benzene rings is 2. The van der Waals surface area contributed by atoms with Crippen LogP contribution in [0.4, 0.5) is 0 Å². The van der Waals surface area contributed by atoms with Crippen LogP contribution in [0.2, 0.25) is 0 Å². The highest BCUT2D eigenvalue weighted by atomic mass is 16.3. The third-order valence-corrected chi connectivity index (χ3v) is 4.65. The van der Waals surface area contributed by atoms with Crippen LogP contribution in [0.15, 0.2) is 52.9 Å². The normalized spacial score (nSPS) is 16.1. The van der Waals surface area contributed by atoms with Crippen molar-refractivity contribution in [2.75, 3.05) is 26.2 Å². The first-order valence-corrected chi connectivity index (χ1v) is 8.58. The van der Waals surface area contributed by atoms with Crippen molar-refractivity contribution in [2.24, 2.45) is 0 Å². The third-order valence-electron chi connectivity index (χ3n) is 4.65. The molecule has 0 unspecified atom stereocenters. The molecule has 5 heteroatoms. The fourth-order valence-corrected chi connectivity index (χ4v) is 3.23. The van der Waals surface area contributed by atoms with E-state index in [0.29, 0.717) is 5.56 Å². The Morgan fingerprint density at radius 2 is 1.60 bits per heavy atom. The fourth-order valence-electron chi connectivity index (χ4n) is 3.23. The summed E-state index contributed by atoms with van der Waals surface area (Å²) in [4.78, 5) is 9.40. The molecule has 1 aliphatic heterocycles. The summed E-state index contributed by atoms with van der Waals surface area (Å²) in [6.07, 6.45) is 0. The summed E-state index contributed by atoms with van der Waals surface area (Å²) in [7, 11) is 0. The zero-order chi connectivity index (χ0) is 17.1. The number of nitriles is 1. The van der Waals surface area contributed by atoms with Crippen LogP contribution in [-0.2, 0) is 13.1 Å². The van der Waals surface area contributed by atoms with Gasteiger partial charge in [0.1, 0.15) is 5.52 Å². The van der Waals surface area contributed by atoms with Gasteiger partial charge < -0.3 is 4.42 Å². The first-order valence-electron chi connectivity index (χ1n) is 8.58. The standard InChI is InChI=1S/C20H20N4O/c21-13-16-5-7-17(8-6-16)14-23-9-11-24(12-10-23)15-20-22-18-3-1-2-4-19(18)25-20/h1-8H,9-12,14-15H2. The first kappa shape index (κ1) is 15.8. The van der Waals surface area contributed by atoms with E-state index < -0.39 is 0 Å². The molecule has 2 aromatic carbocycles. The summed E-state index contributed by atoms with van der Waals surface area (Å²) in [5, 5.41) is 8.87. The Kier molecular flexibility index (Phi) is 4.47. The molecule has 0 amide bonds. The molecule has 2 heterocycles. The molecule has 0 atom stereocenters. The predicted octanol–water partition coefficient (Wildman–Crippen LogP) is 3.02. The Labute approximate surface area is 147 Å². The van der Waals surface area contributed by atoms with Crippen molar-refractivity contribution < 1.29 is 4.42 Å². The first-order chi connectivity index (χ1) is 12.3. The van der Waals surface area contributed by atoms with Crippen molar-refractivity contribution in [1.82, 2.24) is 14.8 Å². The van der Waals surface area contributed by atoms with Gasteiger partial charge in [-0.1, -0.05) is 24.3 Å². The van der Waals surface area contributed by atoms with Gasteiger partial charge in [0.15, 0.2) is 5.58 Å². The third kappa shape index (κ3) is 3.71. The molecule has 4 rings (SSSR count). The highest BCUT2D eigenvalue weighted by Gasteiger charge is 2.19. The average Bonchev–Trinajstić information content (AvgIpc) is 3.06. The second-order valence-electron chi connectivity index (χ2n) is 6.44. The zero-order valence-corrected chi connectivity index (χ0v) is 14.1. The van der Waals surface area contributed by atoms with E-state index in [1.54, 1.807) is 0 Å². The number of nitrogens with zero attached hydrogens (tertiary/aromatic N) is 4. The van der Waals surface area contributed by atoms with Gasteiger partial charge in [-0.3, -0.25) is 9.80 Å². The van der Waals surface area contributed by atoms with Gasteiger partial charge in [0.25, 0.3) is 0 Å². The van der Waals surface area contributed by atoms with E-state index in [-0.39, 0.29) is 0 Å². The summed E-state index contributed by atoms with van der Waals surface area (Å²) >= 11 is 0. The maximum atomic E-state index is 8.87. The molecule has 5 nitrogen and oxygen atoms in total. The van der Waals surface area contributed by atoms with Crippen LogP contribution in [0.25, 0.3) is 11.1 Å². The molecule has 0 N–H and O–H groups in total. The van der Waals surface area contributed by atoms with Crippen LogP contribution >= 0.6 is 0 Å². The average molecular weight is 332 g/mol. The molecule has 25 heavy (non-hydrogen) atoms. The zero-order valence-electron chi connectivity index (χ0n) is 14.1. The minimum Gasteiger partial charge on any atom is -0.439 e. The maximum Gasteiger partial charge on any atom is 0.209 e. The van der Waals surface area contributed by atoms with E-state index in [4.69, 9.17) is 9.68 Å². The Hall–Kier alpha value is -2.68. The van der Waals surface area contributed by atoms with Crippen molar-refractivity contribution in [3.63, 3.8) is 0 Å². The number of oxazole rings is 1. The van der Waals surface area contributed by atoms with E-state index in [9.17, 15) is 0 Å². The SMILES string of the molecule is N#Cc1ccc(CN2CCN(Cc3nc4ccccc4o3)CC2)cc1. The van der Waals surface area contributed by atoms with Gasteiger partial charge in [-0.15, -0.1) is 0 Å². The van der Waals surface area contributed by atoms with E-state index in [1.165, 1.54) is 5.56 Å². The molecule has 0 spiro atoms. The van der Waals surface area contributed by atoms with Crippen LogP contribution in [0.1, 0.15) is 17.0 Å². The molecule has 0 bridgehead atoms. The second kappa shape index (κ2) is 7.06. The lowest BCUT2D eigenvalue weighted by Gasteiger charge is -2.34.